The molecule has 1 aromatic rings. The average Bonchev–Trinajstić information content (AvgIpc) is 2.64. The minimum absolute atomic E-state index is 0.00431. The summed E-state index contributed by atoms with van der Waals surface area (Å²) in [6.45, 7) is -0.494. The van der Waals surface area contributed by atoms with Crippen molar-refractivity contribution in [2.24, 2.45) is 0 Å². The molecule has 0 bridgehead atoms. The predicted molar refractivity (Wildman–Crippen MR) is 60.9 cm³/mol. The molecule has 1 aromatic heterocycles. The molecule has 0 aromatic carbocycles. The second-order valence-corrected chi connectivity index (χ2v) is 4.27. The first-order valence-corrected chi connectivity index (χ1v) is 5.50. The van der Waals surface area contributed by atoms with Crippen molar-refractivity contribution >= 4 is 17.3 Å². The zero-order valence-electron chi connectivity index (χ0n) is 9.10. The second-order valence-electron chi connectivity index (χ2n) is 3.89. The number of aromatic nitrogens is 2. The van der Waals surface area contributed by atoms with Crippen molar-refractivity contribution < 1.29 is 20.1 Å². The average molecular weight is 278 g/mol. The number of hydrogen-bond acceptors (Lipinski definition) is 7. The molecule has 100 valence electrons. The van der Waals surface area contributed by atoms with Crippen LogP contribution in [-0.4, -0.2) is 50.0 Å². The molecule has 5 N–H and O–H groups in total. The van der Waals surface area contributed by atoms with Crippen LogP contribution in [0.1, 0.15) is 6.23 Å². The van der Waals surface area contributed by atoms with E-state index in [1.165, 1.54) is 0 Å². The van der Waals surface area contributed by atoms with Crippen LogP contribution in [0, 0.1) is 0 Å². The molecule has 8 nitrogen and oxygen atoms in total. The summed E-state index contributed by atoms with van der Waals surface area (Å²) in [6.07, 6.45) is -3.78. The molecule has 0 saturated carbocycles. The highest BCUT2D eigenvalue weighted by Gasteiger charge is 2.44. The van der Waals surface area contributed by atoms with Crippen LogP contribution in [0.5, 0.6) is 0 Å². The van der Waals surface area contributed by atoms with Gasteiger partial charge in [-0.05, 0) is 0 Å². The fourth-order valence-corrected chi connectivity index (χ4v) is 1.86. The van der Waals surface area contributed by atoms with E-state index < -0.39 is 36.7 Å². The SMILES string of the molecule is Nc1cnn([C@@H]2O[C@H](CO)[C@@H](O)[C@H]2O)c(=O)c1Cl. The Morgan fingerprint density at radius 3 is 2.72 bits per heavy atom. The molecule has 1 saturated heterocycles. The molecule has 2 heterocycles. The monoisotopic (exact) mass is 277 g/mol. The lowest BCUT2D eigenvalue weighted by molar-refractivity contribution is -0.0609. The quantitative estimate of drug-likeness (QED) is 0.496. The lowest BCUT2D eigenvalue weighted by atomic mass is 10.1. The first kappa shape index (κ1) is 13.2. The number of nitrogens with zero attached hydrogens (tertiary/aromatic N) is 2. The van der Waals surface area contributed by atoms with E-state index in [4.69, 9.17) is 27.2 Å². The Kier molecular flexibility index (Phi) is 3.55. The standard InChI is InChI=1S/C9H12ClN3O5/c10-5-3(11)1-12-13(8(5)17)9-7(16)6(15)4(2-14)18-9/h1,4,6-7,9,14-16H,2,11H2/t4-,6-,7-,9-/m1/s1. The van der Waals surface area contributed by atoms with Crippen LogP contribution in [0.2, 0.25) is 5.02 Å². The van der Waals surface area contributed by atoms with Crippen molar-refractivity contribution in [3.63, 3.8) is 0 Å². The number of nitrogen functional groups attached to an aromatic ring is 1. The number of anilines is 1. The van der Waals surface area contributed by atoms with Gasteiger partial charge in [-0.25, -0.2) is 0 Å². The number of nitrogens with two attached hydrogens (primary N) is 1. The van der Waals surface area contributed by atoms with Gasteiger partial charge in [0.05, 0.1) is 18.5 Å². The van der Waals surface area contributed by atoms with Gasteiger partial charge in [-0.1, -0.05) is 11.6 Å². The minimum Gasteiger partial charge on any atom is -0.396 e. The normalized spacial score (nSPS) is 31.8. The van der Waals surface area contributed by atoms with E-state index in [-0.39, 0.29) is 10.7 Å². The van der Waals surface area contributed by atoms with Gasteiger partial charge < -0.3 is 25.8 Å². The zero-order chi connectivity index (χ0) is 13.4. The maximum Gasteiger partial charge on any atom is 0.290 e. The molecule has 0 unspecified atom stereocenters. The summed E-state index contributed by atoms with van der Waals surface area (Å²) in [7, 11) is 0. The van der Waals surface area contributed by atoms with E-state index in [2.05, 4.69) is 5.10 Å². The van der Waals surface area contributed by atoms with Gasteiger partial charge in [0.1, 0.15) is 23.3 Å². The summed E-state index contributed by atoms with van der Waals surface area (Å²) >= 11 is 5.67. The molecular formula is C9H12ClN3O5. The summed E-state index contributed by atoms with van der Waals surface area (Å²) in [4.78, 5) is 11.8. The van der Waals surface area contributed by atoms with Crippen molar-refractivity contribution in [2.45, 2.75) is 24.5 Å². The summed E-state index contributed by atoms with van der Waals surface area (Å²) in [6, 6.07) is 0. The van der Waals surface area contributed by atoms with E-state index >= 15 is 0 Å². The highest BCUT2D eigenvalue weighted by molar-refractivity contribution is 6.32. The molecule has 0 radical (unpaired) electrons. The van der Waals surface area contributed by atoms with Gasteiger partial charge >= 0.3 is 0 Å². The van der Waals surface area contributed by atoms with Gasteiger partial charge in [0.15, 0.2) is 6.23 Å². The topological polar surface area (TPSA) is 131 Å². The number of aliphatic hydroxyl groups is 3. The largest absolute Gasteiger partial charge is 0.396 e. The second kappa shape index (κ2) is 4.82. The molecule has 1 aliphatic heterocycles. The smallest absolute Gasteiger partial charge is 0.290 e. The molecule has 0 spiro atoms. The fraction of sp³-hybridized carbons (Fsp3) is 0.556. The highest BCUT2D eigenvalue weighted by atomic mass is 35.5. The molecular weight excluding hydrogens is 266 g/mol. The van der Waals surface area contributed by atoms with E-state index in [9.17, 15) is 15.0 Å². The summed E-state index contributed by atoms with van der Waals surface area (Å²) in [5, 5.41) is 31.7. The van der Waals surface area contributed by atoms with Gasteiger partial charge in [0, 0.05) is 0 Å². The maximum absolute atomic E-state index is 11.8. The molecule has 4 atom stereocenters. The predicted octanol–water partition coefficient (Wildman–Crippen LogP) is -1.91. The van der Waals surface area contributed by atoms with Crippen molar-refractivity contribution in [3.05, 3.63) is 21.6 Å². The van der Waals surface area contributed by atoms with Crippen molar-refractivity contribution in [3.8, 4) is 0 Å². The van der Waals surface area contributed by atoms with E-state index in [0.29, 0.717) is 0 Å². The Morgan fingerprint density at radius 1 is 1.50 bits per heavy atom. The number of halogens is 1. The lowest BCUT2D eigenvalue weighted by Crippen LogP contribution is -2.36. The van der Waals surface area contributed by atoms with Crippen LogP contribution in [0.4, 0.5) is 5.69 Å². The highest BCUT2D eigenvalue weighted by Crippen LogP contribution is 2.28. The van der Waals surface area contributed by atoms with E-state index in [1.54, 1.807) is 0 Å². The molecule has 1 aliphatic rings. The Hall–Kier alpha value is -1.19. The van der Waals surface area contributed by atoms with Crippen LogP contribution >= 0.6 is 11.6 Å². The zero-order valence-corrected chi connectivity index (χ0v) is 9.86. The summed E-state index contributed by atoms with van der Waals surface area (Å²) in [5.74, 6) is 0. The van der Waals surface area contributed by atoms with Gasteiger partial charge in [-0.2, -0.15) is 9.78 Å². The maximum atomic E-state index is 11.8. The van der Waals surface area contributed by atoms with Crippen LogP contribution in [-0.2, 0) is 4.74 Å². The number of rotatable bonds is 2. The Balaban J connectivity index is 2.39. The third-order valence-corrected chi connectivity index (χ3v) is 3.11. The first-order chi connectivity index (χ1) is 8.47. The van der Waals surface area contributed by atoms with Crippen molar-refractivity contribution in [1.82, 2.24) is 9.78 Å². The van der Waals surface area contributed by atoms with Crippen LogP contribution in [0.25, 0.3) is 0 Å². The number of aliphatic hydroxyl groups excluding tert-OH is 3. The van der Waals surface area contributed by atoms with Gasteiger partial charge in [0.25, 0.3) is 5.56 Å². The first-order valence-electron chi connectivity index (χ1n) is 5.12. The van der Waals surface area contributed by atoms with Gasteiger partial charge in [-0.3, -0.25) is 4.79 Å². The van der Waals surface area contributed by atoms with Crippen LogP contribution in [0.3, 0.4) is 0 Å². The lowest BCUT2D eigenvalue weighted by Gasteiger charge is -2.16. The van der Waals surface area contributed by atoms with Crippen molar-refractivity contribution in [2.75, 3.05) is 12.3 Å². The number of hydrogen-bond donors (Lipinski definition) is 4. The van der Waals surface area contributed by atoms with Gasteiger partial charge in [0.2, 0.25) is 0 Å². The number of ether oxygens (including phenoxy) is 1. The minimum atomic E-state index is -1.40. The van der Waals surface area contributed by atoms with E-state index in [0.717, 1.165) is 10.9 Å². The Bertz CT molecular complexity index is 507. The molecule has 2 rings (SSSR count). The van der Waals surface area contributed by atoms with Crippen LogP contribution < -0.4 is 11.3 Å². The molecule has 1 fully saturated rings. The van der Waals surface area contributed by atoms with Crippen LogP contribution in [0.15, 0.2) is 11.0 Å². The van der Waals surface area contributed by atoms with Crippen molar-refractivity contribution in [1.29, 1.82) is 0 Å². The van der Waals surface area contributed by atoms with E-state index in [1.807, 2.05) is 0 Å². The summed E-state index contributed by atoms with van der Waals surface area (Å²) in [5.41, 5.74) is 4.66. The van der Waals surface area contributed by atoms with Gasteiger partial charge in [-0.15, -0.1) is 0 Å². The Labute approximate surface area is 106 Å². The molecule has 9 heteroatoms. The Morgan fingerprint density at radius 2 is 2.17 bits per heavy atom. The molecule has 0 aliphatic carbocycles. The third kappa shape index (κ3) is 1.98. The fourth-order valence-electron chi connectivity index (χ4n) is 1.72. The summed E-state index contributed by atoms with van der Waals surface area (Å²) < 4.78 is 5.93. The third-order valence-electron chi connectivity index (χ3n) is 2.73. The molecule has 0 amide bonds. The molecule has 18 heavy (non-hydrogen) atoms.